The molecule has 1 aromatic heterocycles. The van der Waals surface area contributed by atoms with Crippen LogP contribution in [0.3, 0.4) is 0 Å². The summed E-state index contributed by atoms with van der Waals surface area (Å²) in [6.45, 7) is 0.669. The van der Waals surface area contributed by atoms with Crippen LogP contribution in [0.5, 0.6) is 0 Å². The summed E-state index contributed by atoms with van der Waals surface area (Å²) < 4.78 is 0. The highest BCUT2D eigenvalue weighted by Gasteiger charge is 2.28. The van der Waals surface area contributed by atoms with Gasteiger partial charge >= 0.3 is 0 Å². The molecule has 1 fully saturated rings. The fourth-order valence-electron chi connectivity index (χ4n) is 2.15. The molecular formula is C13H12N2OS. The SMILES string of the molecule is O=C1CC(S)CN1c1cnc2ccccc2c1. The van der Waals surface area contributed by atoms with Crippen LogP contribution in [0.4, 0.5) is 5.69 Å². The summed E-state index contributed by atoms with van der Waals surface area (Å²) >= 11 is 4.35. The number of pyridine rings is 1. The molecule has 1 aliphatic rings. The van der Waals surface area contributed by atoms with Crippen LogP contribution in [0.1, 0.15) is 6.42 Å². The first-order valence-electron chi connectivity index (χ1n) is 5.57. The average molecular weight is 244 g/mol. The predicted octanol–water partition coefficient (Wildman–Crippen LogP) is 2.27. The molecule has 0 spiro atoms. The van der Waals surface area contributed by atoms with Gasteiger partial charge in [0.05, 0.1) is 17.4 Å². The maximum atomic E-state index is 11.8. The van der Waals surface area contributed by atoms with Crippen molar-refractivity contribution in [3.63, 3.8) is 0 Å². The molecule has 2 aromatic rings. The number of nitrogens with zero attached hydrogens (tertiary/aromatic N) is 2. The highest BCUT2D eigenvalue weighted by molar-refractivity contribution is 7.81. The minimum absolute atomic E-state index is 0.127. The van der Waals surface area contributed by atoms with Crippen molar-refractivity contribution in [2.75, 3.05) is 11.4 Å². The number of amides is 1. The lowest BCUT2D eigenvalue weighted by Gasteiger charge is -2.15. The predicted molar refractivity (Wildman–Crippen MR) is 71.5 cm³/mol. The van der Waals surface area contributed by atoms with E-state index in [2.05, 4.69) is 17.6 Å². The van der Waals surface area contributed by atoms with Crippen molar-refractivity contribution < 1.29 is 4.79 Å². The number of carbonyl (C=O) groups is 1. The van der Waals surface area contributed by atoms with E-state index in [0.29, 0.717) is 13.0 Å². The Morgan fingerprint density at radius 1 is 1.35 bits per heavy atom. The van der Waals surface area contributed by atoms with Crippen molar-refractivity contribution in [2.45, 2.75) is 11.7 Å². The molecule has 3 nitrogen and oxygen atoms in total. The molecule has 0 aliphatic carbocycles. The Kier molecular flexibility index (Phi) is 2.52. The molecule has 1 aromatic carbocycles. The number of anilines is 1. The highest BCUT2D eigenvalue weighted by Crippen LogP contribution is 2.25. The topological polar surface area (TPSA) is 33.2 Å². The van der Waals surface area contributed by atoms with Gasteiger partial charge in [0.1, 0.15) is 0 Å². The van der Waals surface area contributed by atoms with Gasteiger partial charge in [0.15, 0.2) is 0 Å². The van der Waals surface area contributed by atoms with Crippen molar-refractivity contribution in [3.8, 4) is 0 Å². The summed E-state index contributed by atoms with van der Waals surface area (Å²) in [5.41, 5.74) is 1.82. The number of benzene rings is 1. The van der Waals surface area contributed by atoms with Gasteiger partial charge in [-0.25, -0.2) is 0 Å². The van der Waals surface area contributed by atoms with E-state index in [4.69, 9.17) is 0 Å². The molecule has 1 amide bonds. The normalized spacial score (nSPS) is 20.2. The van der Waals surface area contributed by atoms with Gasteiger partial charge in [0, 0.05) is 23.6 Å². The quantitative estimate of drug-likeness (QED) is 0.781. The molecule has 1 atom stereocenters. The summed E-state index contributed by atoms with van der Waals surface area (Å²) in [5.74, 6) is 0.127. The first-order chi connectivity index (χ1) is 8.24. The Labute approximate surface area is 105 Å². The van der Waals surface area contributed by atoms with E-state index in [-0.39, 0.29) is 11.2 Å². The minimum atomic E-state index is 0.127. The molecule has 1 saturated heterocycles. The maximum Gasteiger partial charge on any atom is 0.228 e. The monoisotopic (exact) mass is 244 g/mol. The standard InChI is InChI=1S/C13H12N2OS/c16-13-6-11(17)8-15(13)10-5-9-3-1-2-4-12(9)14-7-10/h1-5,7,11,17H,6,8H2. The molecular weight excluding hydrogens is 232 g/mol. The van der Waals surface area contributed by atoms with Crippen LogP contribution in [-0.4, -0.2) is 22.7 Å². The lowest BCUT2D eigenvalue weighted by atomic mass is 10.2. The Morgan fingerprint density at radius 3 is 2.94 bits per heavy atom. The molecule has 3 rings (SSSR count). The average Bonchev–Trinajstić information content (AvgIpc) is 2.68. The van der Waals surface area contributed by atoms with Crippen molar-refractivity contribution in [2.24, 2.45) is 0 Å². The van der Waals surface area contributed by atoms with Crippen LogP contribution in [-0.2, 0) is 4.79 Å². The summed E-state index contributed by atoms with van der Waals surface area (Å²) in [5, 5.41) is 1.19. The number of hydrogen-bond acceptors (Lipinski definition) is 3. The summed E-state index contributed by atoms with van der Waals surface area (Å²) in [6, 6.07) is 9.91. The van der Waals surface area contributed by atoms with E-state index in [0.717, 1.165) is 16.6 Å². The number of fused-ring (bicyclic) bond motifs is 1. The zero-order valence-electron chi connectivity index (χ0n) is 9.21. The molecule has 0 radical (unpaired) electrons. The molecule has 1 unspecified atom stereocenters. The third kappa shape index (κ3) is 1.89. The molecule has 17 heavy (non-hydrogen) atoms. The minimum Gasteiger partial charge on any atom is -0.310 e. The number of rotatable bonds is 1. The van der Waals surface area contributed by atoms with E-state index in [1.165, 1.54) is 0 Å². The van der Waals surface area contributed by atoms with Crippen LogP contribution < -0.4 is 4.90 Å². The van der Waals surface area contributed by atoms with E-state index in [1.54, 1.807) is 11.1 Å². The van der Waals surface area contributed by atoms with E-state index < -0.39 is 0 Å². The molecule has 0 N–H and O–H groups in total. The maximum absolute atomic E-state index is 11.8. The van der Waals surface area contributed by atoms with Crippen molar-refractivity contribution in [1.82, 2.24) is 4.98 Å². The number of hydrogen-bond donors (Lipinski definition) is 1. The van der Waals surface area contributed by atoms with Crippen LogP contribution in [0.15, 0.2) is 36.5 Å². The van der Waals surface area contributed by atoms with Crippen LogP contribution in [0, 0.1) is 0 Å². The van der Waals surface area contributed by atoms with E-state index in [9.17, 15) is 4.79 Å². The third-order valence-electron chi connectivity index (χ3n) is 2.99. The van der Waals surface area contributed by atoms with Gasteiger partial charge < -0.3 is 4.90 Å². The Balaban J connectivity index is 2.03. The number of aromatic nitrogens is 1. The van der Waals surface area contributed by atoms with Gasteiger partial charge in [-0.1, -0.05) is 18.2 Å². The molecule has 4 heteroatoms. The Hall–Kier alpha value is -1.55. The van der Waals surface area contributed by atoms with Crippen LogP contribution >= 0.6 is 12.6 Å². The Bertz CT molecular complexity index is 584. The van der Waals surface area contributed by atoms with Crippen LogP contribution in [0.2, 0.25) is 0 Å². The second kappa shape index (κ2) is 4.04. The number of carbonyl (C=O) groups excluding carboxylic acids is 1. The number of thiol groups is 1. The molecule has 0 bridgehead atoms. The summed E-state index contributed by atoms with van der Waals surface area (Å²) in [6.07, 6.45) is 2.27. The summed E-state index contributed by atoms with van der Waals surface area (Å²) in [4.78, 5) is 17.9. The third-order valence-corrected chi connectivity index (χ3v) is 3.34. The van der Waals surface area contributed by atoms with E-state index in [1.807, 2.05) is 30.3 Å². The molecule has 1 aliphatic heterocycles. The largest absolute Gasteiger partial charge is 0.310 e. The summed E-state index contributed by atoms with van der Waals surface area (Å²) in [7, 11) is 0. The van der Waals surface area contributed by atoms with E-state index >= 15 is 0 Å². The molecule has 0 saturated carbocycles. The lowest BCUT2D eigenvalue weighted by molar-refractivity contribution is -0.117. The number of para-hydroxylation sites is 1. The van der Waals surface area contributed by atoms with Gasteiger partial charge in [-0.2, -0.15) is 12.6 Å². The smallest absolute Gasteiger partial charge is 0.228 e. The van der Waals surface area contributed by atoms with Gasteiger partial charge in [-0.3, -0.25) is 9.78 Å². The van der Waals surface area contributed by atoms with Gasteiger partial charge in [0.2, 0.25) is 5.91 Å². The van der Waals surface area contributed by atoms with Gasteiger partial charge in [-0.05, 0) is 12.1 Å². The zero-order valence-corrected chi connectivity index (χ0v) is 10.1. The van der Waals surface area contributed by atoms with Crippen molar-refractivity contribution in [1.29, 1.82) is 0 Å². The first kappa shape index (κ1) is 10.6. The van der Waals surface area contributed by atoms with Crippen molar-refractivity contribution in [3.05, 3.63) is 36.5 Å². The highest BCUT2D eigenvalue weighted by atomic mass is 32.1. The Morgan fingerprint density at radius 2 is 2.18 bits per heavy atom. The zero-order chi connectivity index (χ0) is 11.8. The second-order valence-electron chi connectivity index (χ2n) is 4.25. The van der Waals surface area contributed by atoms with Crippen LogP contribution in [0.25, 0.3) is 10.9 Å². The van der Waals surface area contributed by atoms with Crippen molar-refractivity contribution >= 4 is 35.1 Å². The van der Waals surface area contributed by atoms with Gasteiger partial charge in [0.25, 0.3) is 0 Å². The fourth-order valence-corrected chi connectivity index (χ4v) is 2.46. The fraction of sp³-hybridized carbons (Fsp3) is 0.231. The van der Waals surface area contributed by atoms with Gasteiger partial charge in [-0.15, -0.1) is 0 Å². The lowest BCUT2D eigenvalue weighted by Crippen LogP contribution is -2.24. The molecule has 2 heterocycles. The second-order valence-corrected chi connectivity index (χ2v) is 4.98. The molecule has 86 valence electrons. The first-order valence-corrected chi connectivity index (χ1v) is 6.09.